The van der Waals surface area contributed by atoms with E-state index in [1.165, 1.54) is 0 Å². The standard InChI is InChI=1S/C24H31ClO7/c1-13-8-14(2-5-19(13)31-17-6-7-30-12-17)9-16-10-15(3-4-18(16)25)24-23(29)22(28)21(27)20(11-26)32-24/h2-5,8,10,13,17,19-24,26-29H,6-7,9,11-12H2,1H3/t13?,17-,19?,20+,21+,22-,23+,24-/m0/s1. The van der Waals surface area contributed by atoms with Gasteiger partial charge in [-0.3, -0.25) is 0 Å². The molecular weight excluding hydrogens is 436 g/mol. The Bertz CT molecular complexity index is 849. The van der Waals surface area contributed by atoms with E-state index in [9.17, 15) is 20.4 Å². The fourth-order valence-electron chi connectivity index (χ4n) is 4.52. The number of hydrogen-bond donors (Lipinski definition) is 4. The van der Waals surface area contributed by atoms with Crippen molar-refractivity contribution in [3.63, 3.8) is 0 Å². The zero-order chi connectivity index (χ0) is 22.8. The molecule has 2 saturated heterocycles. The van der Waals surface area contributed by atoms with Crippen molar-refractivity contribution in [2.24, 2.45) is 5.92 Å². The molecule has 3 aliphatic rings. The number of aliphatic hydroxyl groups excluding tert-OH is 4. The summed E-state index contributed by atoms with van der Waals surface area (Å²) in [5.41, 5.74) is 2.58. The van der Waals surface area contributed by atoms with Crippen LogP contribution in [-0.4, -0.2) is 76.9 Å². The highest BCUT2D eigenvalue weighted by Gasteiger charge is 2.44. The highest BCUT2D eigenvalue weighted by Crippen LogP contribution is 2.35. The van der Waals surface area contributed by atoms with Gasteiger partial charge in [0.15, 0.2) is 0 Å². The van der Waals surface area contributed by atoms with Crippen LogP contribution in [0.25, 0.3) is 0 Å². The maximum Gasteiger partial charge on any atom is 0.113 e. The summed E-state index contributed by atoms with van der Waals surface area (Å²) in [7, 11) is 0. The van der Waals surface area contributed by atoms with Gasteiger partial charge in [0.25, 0.3) is 0 Å². The molecule has 4 N–H and O–H groups in total. The van der Waals surface area contributed by atoms with Gasteiger partial charge in [0.05, 0.1) is 25.4 Å². The van der Waals surface area contributed by atoms with Crippen LogP contribution in [0, 0.1) is 5.92 Å². The van der Waals surface area contributed by atoms with Crippen LogP contribution in [0.3, 0.4) is 0 Å². The van der Waals surface area contributed by atoms with E-state index in [4.69, 9.17) is 25.8 Å². The summed E-state index contributed by atoms with van der Waals surface area (Å²) in [4.78, 5) is 0. The molecule has 8 heteroatoms. The molecule has 0 aromatic heterocycles. The predicted octanol–water partition coefficient (Wildman–Crippen LogP) is 1.70. The zero-order valence-electron chi connectivity index (χ0n) is 18.0. The summed E-state index contributed by atoms with van der Waals surface area (Å²) in [6.45, 7) is 3.05. The van der Waals surface area contributed by atoms with Gasteiger partial charge in [0.1, 0.15) is 30.5 Å². The molecule has 1 aliphatic carbocycles. The molecule has 0 amide bonds. The Balaban J connectivity index is 1.47. The minimum Gasteiger partial charge on any atom is -0.394 e. The Kier molecular flexibility index (Phi) is 7.69. The second kappa shape index (κ2) is 10.3. The number of benzene rings is 1. The molecule has 8 atom stereocenters. The molecule has 0 bridgehead atoms. The number of rotatable bonds is 6. The number of allylic oxidation sites excluding steroid dienone is 2. The van der Waals surface area contributed by atoms with Crippen LogP contribution in [0.15, 0.2) is 42.0 Å². The molecule has 2 unspecified atom stereocenters. The predicted molar refractivity (Wildman–Crippen MR) is 118 cm³/mol. The Labute approximate surface area is 192 Å². The Hall–Kier alpha value is -1.29. The van der Waals surface area contributed by atoms with Crippen LogP contribution < -0.4 is 0 Å². The maximum atomic E-state index is 10.4. The normalized spacial score (nSPS) is 37.5. The smallest absolute Gasteiger partial charge is 0.113 e. The molecule has 0 saturated carbocycles. The first kappa shape index (κ1) is 23.9. The van der Waals surface area contributed by atoms with Gasteiger partial charge in [-0.2, -0.15) is 0 Å². The van der Waals surface area contributed by atoms with Gasteiger partial charge in [-0.15, -0.1) is 0 Å². The SMILES string of the molecule is CC1C=C(Cc2cc([C@@H]3O[C@H](CO)[C@@H](O)[C@H](O)[C@H]3O)ccc2Cl)C=CC1O[C@H]1CCOC1. The van der Waals surface area contributed by atoms with Crippen molar-refractivity contribution in [3.8, 4) is 0 Å². The third-order valence-electron chi connectivity index (χ3n) is 6.42. The third-order valence-corrected chi connectivity index (χ3v) is 6.79. The summed E-state index contributed by atoms with van der Waals surface area (Å²) in [6, 6.07) is 5.29. The monoisotopic (exact) mass is 466 g/mol. The Morgan fingerprint density at radius 3 is 2.66 bits per heavy atom. The summed E-state index contributed by atoms with van der Waals surface area (Å²) in [5, 5.41) is 40.6. The van der Waals surface area contributed by atoms with Crippen LogP contribution in [-0.2, 0) is 20.6 Å². The first-order valence-corrected chi connectivity index (χ1v) is 11.5. The van der Waals surface area contributed by atoms with E-state index in [0.29, 0.717) is 23.6 Å². The van der Waals surface area contributed by atoms with Crippen molar-refractivity contribution < 1.29 is 34.6 Å². The second-order valence-electron chi connectivity index (χ2n) is 8.82. The van der Waals surface area contributed by atoms with E-state index in [0.717, 1.165) is 24.2 Å². The molecule has 7 nitrogen and oxygen atoms in total. The molecule has 1 aromatic carbocycles. The van der Waals surface area contributed by atoms with Gasteiger partial charge in [-0.05, 0) is 35.6 Å². The van der Waals surface area contributed by atoms with Crippen LogP contribution in [0.2, 0.25) is 5.02 Å². The molecule has 0 spiro atoms. The average Bonchev–Trinajstić information content (AvgIpc) is 3.29. The summed E-state index contributed by atoms with van der Waals surface area (Å²) >= 11 is 6.45. The highest BCUT2D eigenvalue weighted by atomic mass is 35.5. The minimum atomic E-state index is -1.42. The lowest BCUT2D eigenvalue weighted by atomic mass is 9.88. The lowest BCUT2D eigenvalue weighted by Crippen LogP contribution is -2.55. The molecule has 2 aliphatic heterocycles. The molecule has 4 rings (SSSR count). The lowest BCUT2D eigenvalue weighted by molar-refractivity contribution is -0.231. The van der Waals surface area contributed by atoms with Crippen LogP contribution in [0.4, 0.5) is 0 Å². The van der Waals surface area contributed by atoms with Crippen molar-refractivity contribution in [1.29, 1.82) is 0 Å². The zero-order valence-corrected chi connectivity index (χ0v) is 18.8. The van der Waals surface area contributed by atoms with Crippen molar-refractivity contribution in [2.75, 3.05) is 19.8 Å². The van der Waals surface area contributed by atoms with Crippen LogP contribution >= 0.6 is 11.6 Å². The van der Waals surface area contributed by atoms with E-state index in [-0.39, 0.29) is 18.1 Å². The fraction of sp³-hybridized carbons (Fsp3) is 0.583. The van der Waals surface area contributed by atoms with E-state index >= 15 is 0 Å². The third kappa shape index (κ3) is 5.11. The van der Waals surface area contributed by atoms with Gasteiger partial charge in [-0.1, -0.05) is 48.9 Å². The minimum absolute atomic E-state index is 0.0152. The summed E-state index contributed by atoms with van der Waals surface area (Å²) < 4.78 is 17.2. The van der Waals surface area contributed by atoms with E-state index < -0.39 is 37.1 Å². The molecule has 32 heavy (non-hydrogen) atoms. The van der Waals surface area contributed by atoms with E-state index in [1.807, 2.05) is 6.07 Å². The second-order valence-corrected chi connectivity index (χ2v) is 9.23. The van der Waals surface area contributed by atoms with Crippen molar-refractivity contribution in [1.82, 2.24) is 0 Å². The fourth-order valence-corrected chi connectivity index (χ4v) is 4.70. The van der Waals surface area contributed by atoms with Crippen molar-refractivity contribution in [2.45, 2.75) is 62.5 Å². The first-order valence-electron chi connectivity index (χ1n) is 11.1. The Morgan fingerprint density at radius 2 is 1.97 bits per heavy atom. The number of halogens is 1. The number of hydrogen-bond acceptors (Lipinski definition) is 7. The number of aliphatic hydroxyl groups is 4. The van der Waals surface area contributed by atoms with Crippen LogP contribution in [0.1, 0.15) is 30.6 Å². The van der Waals surface area contributed by atoms with Gasteiger partial charge in [0, 0.05) is 17.5 Å². The summed E-state index contributed by atoms with van der Waals surface area (Å²) in [5.74, 6) is 0.211. The Morgan fingerprint density at radius 1 is 1.16 bits per heavy atom. The largest absolute Gasteiger partial charge is 0.394 e. The molecule has 1 aromatic rings. The molecule has 176 valence electrons. The van der Waals surface area contributed by atoms with Gasteiger partial charge >= 0.3 is 0 Å². The number of ether oxygens (including phenoxy) is 3. The molecular formula is C24H31ClO7. The lowest BCUT2D eigenvalue weighted by Gasteiger charge is -2.40. The maximum absolute atomic E-state index is 10.4. The first-order chi connectivity index (χ1) is 15.4. The van der Waals surface area contributed by atoms with Gasteiger partial charge in [0.2, 0.25) is 0 Å². The van der Waals surface area contributed by atoms with Gasteiger partial charge < -0.3 is 34.6 Å². The van der Waals surface area contributed by atoms with Gasteiger partial charge in [-0.25, -0.2) is 0 Å². The summed E-state index contributed by atoms with van der Waals surface area (Å²) in [6.07, 6.45) is 2.01. The quantitative estimate of drug-likeness (QED) is 0.505. The van der Waals surface area contributed by atoms with E-state index in [2.05, 4.69) is 25.2 Å². The molecule has 2 heterocycles. The van der Waals surface area contributed by atoms with E-state index in [1.54, 1.807) is 12.1 Å². The highest BCUT2D eigenvalue weighted by molar-refractivity contribution is 6.31. The topological polar surface area (TPSA) is 109 Å². The van der Waals surface area contributed by atoms with Crippen molar-refractivity contribution >= 4 is 11.6 Å². The molecule has 0 radical (unpaired) electrons. The van der Waals surface area contributed by atoms with Crippen molar-refractivity contribution in [3.05, 3.63) is 58.1 Å². The average molecular weight is 467 g/mol. The van der Waals surface area contributed by atoms with Crippen LogP contribution in [0.5, 0.6) is 0 Å². The molecule has 2 fully saturated rings.